The summed E-state index contributed by atoms with van der Waals surface area (Å²) in [6.07, 6.45) is 5.59. The summed E-state index contributed by atoms with van der Waals surface area (Å²) in [6.45, 7) is 3.49. The second kappa shape index (κ2) is 5.09. The normalized spacial score (nSPS) is 22.2. The fourth-order valence-corrected chi connectivity index (χ4v) is 2.73. The van der Waals surface area contributed by atoms with E-state index in [1.807, 2.05) is 0 Å². The Morgan fingerprint density at radius 1 is 1.12 bits per heavy atom. The molecule has 2 heteroatoms. The van der Waals surface area contributed by atoms with Crippen LogP contribution in [0.2, 0.25) is 0 Å². The van der Waals surface area contributed by atoms with Crippen molar-refractivity contribution < 1.29 is 0 Å². The lowest BCUT2D eigenvalue weighted by atomic mass is 9.98. The van der Waals surface area contributed by atoms with E-state index in [2.05, 4.69) is 34.9 Å². The van der Waals surface area contributed by atoms with E-state index in [1.165, 1.54) is 43.5 Å². The van der Waals surface area contributed by atoms with Crippen LogP contribution in [0.1, 0.15) is 37.2 Å². The van der Waals surface area contributed by atoms with Crippen LogP contribution in [0.15, 0.2) is 24.3 Å². The summed E-state index contributed by atoms with van der Waals surface area (Å²) >= 11 is 0. The van der Waals surface area contributed by atoms with Gasteiger partial charge in [0.15, 0.2) is 0 Å². The predicted octanol–water partition coefficient (Wildman–Crippen LogP) is 2.98. The summed E-state index contributed by atoms with van der Waals surface area (Å²) in [5.74, 6) is 1.76. The maximum absolute atomic E-state index is 3.59. The van der Waals surface area contributed by atoms with E-state index in [4.69, 9.17) is 0 Å². The van der Waals surface area contributed by atoms with Crippen molar-refractivity contribution in [2.75, 3.05) is 25.0 Å². The molecule has 0 amide bonds. The molecule has 0 bridgehead atoms. The summed E-state index contributed by atoms with van der Waals surface area (Å²) in [5, 5.41) is 7.08. The van der Waals surface area contributed by atoms with Gasteiger partial charge in [0.2, 0.25) is 0 Å². The van der Waals surface area contributed by atoms with E-state index < -0.39 is 0 Å². The second-order valence-electron chi connectivity index (χ2n) is 5.44. The van der Waals surface area contributed by atoms with Gasteiger partial charge in [-0.3, -0.25) is 0 Å². The van der Waals surface area contributed by atoms with Crippen LogP contribution in [0.4, 0.5) is 5.69 Å². The summed E-state index contributed by atoms with van der Waals surface area (Å²) < 4.78 is 0. The summed E-state index contributed by atoms with van der Waals surface area (Å²) in [6, 6.07) is 8.72. The minimum Gasteiger partial charge on any atom is -0.384 e. The van der Waals surface area contributed by atoms with Crippen LogP contribution in [0.3, 0.4) is 0 Å². The third kappa shape index (κ3) is 2.81. The van der Waals surface area contributed by atoms with Crippen LogP contribution in [0, 0.1) is 5.92 Å². The smallest absolute Gasteiger partial charge is 0.0376 e. The van der Waals surface area contributed by atoms with Crippen molar-refractivity contribution in [2.45, 2.75) is 31.6 Å². The molecule has 2 aliphatic rings. The summed E-state index contributed by atoms with van der Waals surface area (Å²) in [7, 11) is 0. The lowest BCUT2D eigenvalue weighted by Gasteiger charge is -2.10. The van der Waals surface area contributed by atoms with Crippen LogP contribution in [-0.2, 0) is 0 Å². The molecule has 17 heavy (non-hydrogen) atoms. The second-order valence-corrected chi connectivity index (χ2v) is 5.44. The maximum atomic E-state index is 3.59. The molecular formula is C15H22N2. The SMILES string of the molecule is c1ccc2c(c1)NCC2CCNCCC1CC1. The molecule has 0 aromatic heterocycles. The number of nitrogens with one attached hydrogen (secondary N) is 2. The lowest BCUT2D eigenvalue weighted by Crippen LogP contribution is -2.19. The first-order valence-corrected chi connectivity index (χ1v) is 6.97. The molecule has 92 valence electrons. The lowest BCUT2D eigenvalue weighted by molar-refractivity contribution is 0.564. The number of benzene rings is 1. The molecule has 1 unspecified atom stereocenters. The number of fused-ring (bicyclic) bond motifs is 1. The van der Waals surface area contributed by atoms with Crippen LogP contribution in [0.25, 0.3) is 0 Å². The minimum atomic E-state index is 0.708. The molecule has 1 heterocycles. The van der Waals surface area contributed by atoms with E-state index in [0.29, 0.717) is 5.92 Å². The Kier molecular flexibility index (Phi) is 3.32. The van der Waals surface area contributed by atoms with Crippen LogP contribution in [-0.4, -0.2) is 19.6 Å². The van der Waals surface area contributed by atoms with E-state index >= 15 is 0 Å². The highest BCUT2D eigenvalue weighted by Gasteiger charge is 2.21. The molecule has 2 N–H and O–H groups in total. The minimum absolute atomic E-state index is 0.708. The van der Waals surface area contributed by atoms with E-state index in [9.17, 15) is 0 Å². The topological polar surface area (TPSA) is 24.1 Å². The Labute approximate surface area is 104 Å². The predicted molar refractivity (Wildman–Crippen MR) is 72.5 cm³/mol. The molecule has 1 saturated carbocycles. The summed E-state index contributed by atoms with van der Waals surface area (Å²) in [5.41, 5.74) is 2.85. The largest absolute Gasteiger partial charge is 0.384 e. The van der Waals surface area contributed by atoms with E-state index in [0.717, 1.165) is 19.0 Å². The van der Waals surface area contributed by atoms with Crippen molar-refractivity contribution in [1.29, 1.82) is 0 Å². The molecule has 1 atom stereocenters. The molecule has 0 radical (unpaired) electrons. The molecule has 1 aliphatic carbocycles. The first-order valence-electron chi connectivity index (χ1n) is 6.97. The molecular weight excluding hydrogens is 208 g/mol. The number of hydrogen-bond acceptors (Lipinski definition) is 2. The van der Waals surface area contributed by atoms with Crippen molar-refractivity contribution in [3.8, 4) is 0 Å². The molecule has 0 saturated heterocycles. The highest BCUT2D eigenvalue weighted by molar-refractivity contribution is 5.57. The molecule has 1 aromatic carbocycles. The Hall–Kier alpha value is -1.02. The summed E-state index contributed by atoms with van der Waals surface area (Å²) in [4.78, 5) is 0. The van der Waals surface area contributed by atoms with Crippen molar-refractivity contribution in [3.63, 3.8) is 0 Å². The van der Waals surface area contributed by atoms with Crippen molar-refractivity contribution in [1.82, 2.24) is 5.32 Å². The molecule has 2 nitrogen and oxygen atoms in total. The third-order valence-corrected chi connectivity index (χ3v) is 4.04. The van der Waals surface area contributed by atoms with Gasteiger partial charge in [0.1, 0.15) is 0 Å². The van der Waals surface area contributed by atoms with Crippen molar-refractivity contribution in [3.05, 3.63) is 29.8 Å². The highest BCUT2D eigenvalue weighted by Crippen LogP contribution is 2.33. The van der Waals surface area contributed by atoms with E-state index in [-0.39, 0.29) is 0 Å². The number of para-hydroxylation sites is 1. The van der Waals surface area contributed by atoms with Gasteiger partial charge in [-0.15, -0.1) is 0 Å². The molecule has 1 fully saturated rings. The van der Waals surface area contributed by atoms with Gasteiger partial charge in [0.05, 0.1) is 0 Å². The Bertz CT molecular complexity index is 371. The molecule has 0 spiro atoms. The van der Waals surface area contributed by atoms with Gasteiger partial charge < -0.3 is 10.6 Å². The van der Waals surface area contributed by atoms with Gasteiger partial charge in [-0.05, 0) is 43.5 Å². The van der Waals surface area contributed by atoms with Crippen LogP contribution >= 0.6 is 0 Å². The van der Waals surface area contributed by atoms with Gasteiger partial charge in [0.25, 0.3) is 0 Å². The molecule has 3 rings (SSSR count). The van der Waals surface area contributed by atoms with Crippen LogP contribution in [0.5, 0.6) is 0 Å². The zero-order valence-corrected chi connectivity index (χ0v) is 10.4. The standard InChI is InChI=1S/C15H22N2/c1-2-4-15-14(3-1)13(11-17-15)8-10-16-9-7-12-5-6-12/h1-4,12-13,16-17H,5-11H2. The fourth-order valence-electron chi connectivity index (χ4n) is 2.73. The monoisotopic (exact) mass is 230 g/mol. The number of anilines is 1. The Morgan fingerprint density at radius 2 is 1.94 bits per heavy atom. The first-order chi connectivity index (χ1) is 8.43. The Balaban J connectivity index is 1.40. The maximum Gasteiger partial charge on any atom is 0.0376 e. The number of hydrogen-bond donors (Lipinski definition) is 2. The van der Waals surface area contributed by atoms with Gasteiger partial charge >= 0.3 is 0 Å². The first kappa shape index (κ1) is 11.1. The quantitative estimate of drug-likeness (QED) is 0.734. The average Bonchev–Trinajstić information content (AvgIpc) is 3.09. The van der Waals surface area contributed by atoms with Crippen molar-refractivity contribution >= 4 is 5.69 Å². The van der Waals surface area contributed by atoms with Crippen molar-refractivity contribution in [2.24, 2.45) is 5.92 Å². The van der Waals surface area contributed by atoms with Crippen LogP contribution < -0.4 is 10.6 Å². The number of rotatable bonds is 6. The zero-order chi connectivity index (χ0) is 11.5. The zero-order valence-electron chi connectivity index (χ0n) is 10.4. The highest BCUT2D eigenvalue weighted by atomic mass is 14.9. The average molecular weight is 230 g/mol. The Morgan fingerprint density at radius 3 is 2.82 bits per heavy atom. The third-order valence-electron chi connectivity index (χ3n) is 4.04. The van der Waals surface area contributed by atoms with Gasteiger partial charge in [-0.25, -0.2) is 0 Å². The fraction of sp³-hybridized carbons (Fsp3) is 0.600. The van der Waals surface area contributed by atoms with Gasteiger partial charge in [0, 0.05) is 18.2 Å². The van der Waals surface area contributed by atoms with E-state index in [1.54, 1.807) is 0 Å². The molecule has 1 aliphatic heterocycles. The van der Waals surface area contributed by atoms with Gasteiger partial charge in [-0.1, -0.05) is 31.0 Å². The van der Waals surface area contributed by atoms with Gasteiger partial charge in [-0.2, -0.15) is 0 Å². The molecule has 1 aromatic rings.